The fraction of sp³-hybridized carbons (Fsp3) is 0.417. The molecule has 1 aromatic carbocycles. The van der Waals surface area contributed by atoms with Gasteiger partial charge in [-0.2, -0.15) is 0 Å². The van der Waals surface area contributed by atoms with Crippen LogP contribution in [0.4, 0.5) is 13.2 Å². The van der Waals surface area contributed by atoms with Crippen LogP contribution in [0.5, 0.6) is 5.75 Å². The fourth-order valence-electron chi connectivity index (χ4n) is 1.50. The van der Waals surface area contributed by atoms with E-state index < -0.39 is 12.0 Å². The van der Waals surface area contributed by atoms with Crippen LogP contribution in [0.1, 0.15) is 18.9 Å². The molecule has 0 bridgehead atoms. The van der Waals surface area contributed by atoms with E-state index in [1.165, 1.54) is 31.2 Å². The third-order valence-electron chi connectivity index (χ3n) is 2.26. The Kier molecular flexibility index (Phi) is 4.34. The quantitative estimate of drug-likeness (QED) is 0.829. The van der Waals surface area contributed by atoms with E-state index in [1.807, 2.05) is 0 Å². The van der Waals surface area contributed by atoms with Crippen molar-refractivity contribution >= 4 is 6.29 Å². The Balaban J connectivity index is 2.69. The van der Waals surface area contributed by atoms with Gasteiger partial charge in [0.2, 0.25) is 0 Å². The molecule has 0 radical (unpaired) electrons. The van der Waals surface area contributed by atoms with Crippen molar-refractivity contribution in [3.63, 3.8) is 0 Å². The minimum absolute atomic E-state index is 0.0339. The lowest BCUT2D eigenvalue weighted by molar-refractivity contribution is -0.274. The predicted octanol–water partition coefficient (Wildman–Crippen LogP) is 2.47. The largest absolute Gasteiger partial charge is 0.573 e. The standard InChI is InChI=1S/C12H13F3O3/c1-11(17,6-7-16)8-9-2-4-10(5-3-9)18-12(13,14)15/h2-5,7,17H,6,8H2,1H3. The number of rotatable bonds is 5. The van der Waals surface area contributed by atoms with Gasteiger partial charge >= 0.3 is 6.36 Å². The summed E-state index contributed by atoms with van der Waals surface area (Å²) in [7, 11) is 0. The van der Waals surface area contributed by atoms with Crippen LogP contribution in [-0.2, 0) is 11.2 Å². The van der Waals surface area contributed by atoms with E-state index in [0.717, 1.165) is 0 Å². The van der Waals surface area contributed by atoms with Crippen molar-refractivity contribution in [2.75, 3.05) is 0 Å². The number of halogens is 3. The number of carbonyl (C=O) groups is 1. The van der Waals surface area contributed by atoms with Crippen molar-refractivity contribution < 1.29 is 27.8 Å². The second kappa shape index (κ2) is 5.39. The van der Waals surface area contributed by atoms with E-state index in [9.17, 15) is 23.1 Å². The maximum atomic E-state index is 11.9. The Morgan fingerprint density at radius 2 is 1.83 bits per heavy atom. The number of aliphatic hydroxyl groups is 1. The minimum Gasteiger partial charge on any atom is -0.406 e. The number of alkyl halides is 3. The van der Waals surface area contributed by atoms with Gasteiger partial charge in [-0.15, -0.1) is 13.2 Å². The highest BCUT2D eigenvalue weighted by Gasteiger charge is 2.31. The molecular formula is C12H13F3O3. The molecule has 0 saturated heterocycles. The van der Waals surface area contributed by atoms with Crippen molar-refractivity contribution in [3.8, 4) is 5.75 Å². The molecule has 1 aromatic rings. The second-order valence-electron chi connectivity index (χ2n) is 4.24. The van der Waals surface area contributed by atoms with Crippen LogP contribution in [-0.4, -0.2) is 23.4 Å². The molecule has 18 heavy (non-hydrogen) atoms. The first-order valence-corrected chi connectivity index (χ1v) is 5.22. The molecular weight excluding hydrogens is 249 g/mol. The molecule has 1 atom stereocenters. The van der Waals surface area contributed by atoms with E-state index in [0.29, 0.717) is 11.8 Å². The molecule has 0 heterocycles. The summed E-state index contributed by atoms with van der Waals surface area (Å²) >= 11 is 0. The van der Waals surface area contributed by atoms with Crippen LogP contribution in [0.25, 0.3) is 0 Å². The summed E-state index contributed by atoms with van der Waals surface area (Å²) in [5, 5.41) is 9.78. The summed E-state index contributed by atoms with van der Waals surface area (Å²) in [6.07, 6.45) is -3.97. The lowest BCUT2D eigenvalue weighted by atomic mass is 9.94. The van der Waals surface area contributed by atoms with Crippen molar-refractivity contribution in [3.05, 3.63) is 29.8 Å². The van der Waals surface area contributed by atoms with Crippen molar-refractivity contribution in [1.29, 1.82) is 0 Å². The van der Waals surface area contributed by atoms with Gasteiger partial charge in [0.05, 0.1) is 5.60 Å². The van der Waals surface area contributed by atoms with E-state index in [-0.39, 0.29) is 18.6 Å². The maximum Gasteiger partial charge on any atom is 0.573 e. The zero-order valence-corrected chi connectivity index (χ0v) is 9.70. The van der Waals surface area contributed by atoms with Gasteiger partial charge < -0.3 is 14.6 Å². The first-order chi connectivity index (χ1) is 8.22. The first kappa shape index (κ1) is 14.5. The van der Waals surface area contributed by atoms with E-state index >= 15 is 0 Å². The van der Waals surface area contributed by atoms with Gasteiger partial charge in [-0.05, 0) is 24.6 Å². The fourth-order valence-corrected chi connectivity index (χ4v) is 1.50. The SMILES string of the molecule is CC(O)(CC=O)Cc1ccc(OC(F)(F)F)cc1. The van der Waals surface area contributed by atoms with E-state index in [2.05, 4.69) is 4.74 Å². The highest BCUT2D eigenvalue weighted by Crippen LogP contribution is 2.24. The monoisotopic (exact) mass is 262 g/mol. The molecule has 1 unspecified atom stereocenters. The zero-order valence-electron chi connectivity index (χ0n) is 9.70. The van der Waals surface area contributed by atoms with Gasteiger partial charge in [0, 0.05) is 12.8 Å². The average Bonchev–Trinajstić information content (AvgIpc) is 2.18. The summed E-state index contributed by atoms with van der Waals surface area (Å²) in [4.78, 5) is 10.3. The zero-order chi connectivity index (χ0) is 13.8. The molecule has 0 aromatic heterocycles. The Morgan fingerprint density at radius 1 is 1.28 bits per heavy atom. The summed E-state index contributed by atoms with van der Waals surface area (Å²) < 4.78 is 39.5. The molecule has 0 spiro atoms. The van der Waals surface area contributed by atoms with Crippen LogP contribution >= 0.6 is 0 Å². The lowest BCUT2D eigenvalue weighted by Gasteiger charge is -2.20. The highest BCUT2D eigenvalue weighted by atomic mass is 19.4. The van der Waals surface area contributed by atoms with E-state index in [1.54, 1.807) is 0 Å². The minimum atomic E-state index is -4.72. The topological polar surface area (TPSA) is 46.5 Å². The Morgan fingerprint density at radius 3 is 2.28 bits per heavy atom. The van der Waals surface area contributed by atoms with Crippen LogP contribution < -0.4 is 4.74 Å². The van der Waals surface area contributed by atoms with Gasteiger partial charge in [0.25, 0.3) is 0 Å². The molecule has 1 rings (SSSR count). The van der Waals surface area contributed by atoms with Crippen LogP contribution in [0.15, 0.2) is 24.3 Å². The molecule has 100 valence electrons. The molecule has 0 saturated carbocycles. The highest BCUT2D eigenvalue weighted by molar-refractivity contribution is 5.51. The second-order valence-corrected chi connectivity index (χ2v) is 4.24. The number of hydrogen-bond acceptors (Lipinski definition) is 3. The smallest absolute Gasteiger partial charge is 0.406 e. The van der Waals surface area contributed by atoms with Crippen LogP contribution in [0.3, 0.4) is 0 Å². The lowest BCUT2D eigenvalue weighted by Crippen LogP contribution is -2.27. The Bertz CT molecular complexity index is 396. The normalized spacial score (nSPS) is 14.9. The summed E-state index contributed by atoms with van der Waals surface area (Å²) in [5.41, 5.74) is -0.579. The maximum absolute atomic E-state index is 11.9. The average molecular weight is 262 g/mol. The number of carbonyl (C=O) groups excluding carboxylic acids is 1. The Hall–Kier alpha value is -1.56. The third-order valence-corrected chi connectivity index (χ3v) is 2.26. The van der Waals surface area contributed by atoms with Crippen molar-refractivity contribution in [2.45, 2.75) is 31.7 Å². The molecule has 0 aliphatic rings. The summed E-state index contributed by atoms with van der Waals surface area (Å²) in [6, 6.07) is 5.17. The van der Waals surface area contributed by atoms with Gasteiger partial charge in [-0.1, -0.05) is 12.1 Å². The molecule has 0 aliphatic heterocycles. The predicted molar refractivity (Wildman–Crippen MR) is 58.1 cm³/mol. The number of ether oxygens (including phenoxy) is 1. The first-order valence-electron chi connectivity index (χ1n) is 5.22. The molecule has 1 N–H and O–H groups in total. The van der Waals surface area contributed by atoms with Gasteiger partial charge in [0.1, 0.15) is 12.0 Å². The number of benzene rings is 1. The van der Waals surface area contributed by atoms with E-state index in [4.69, 9.17) is 0 Å². The molecule has 3 nitrogen and oxygen atoms in total. The van der Waals surface area contributed by atoms with Gasteiger partial charge in [-0.25, -0.2) is 0 Å². The summed E-state index contributed by atoms with van der Waals surface area (Å²) in [6.45, 7) is 1.49. The van der Waals surface area contributed by atoms with Crippen LogP contribution in [0, 0.1) is 0 Å². The molecule has 6 heteroatoms. The number of aldehydes is 1. The summed E-state index contributed by atoms with van der Waals surface area (Å²) in [5.74, 6) is -0.318. The van der Waals surface area contributed by atoms with Crippen molar-refractivity contribution in [1.82, 2.24) is 0 Å². The third kappa shape index (κ3) is 5.18. The number of hydrogen-bond donors (Lipinski definition) is 1. The van der Waals surface area contributed by atoms with Crippen molar-refractivity contribution in [2.24, 2.45) is 0 Å². The van der Waals surface area contributed by atoms with Gasteiger partial charge in [-0.3, -0.25) is 0 Å². The molecule has 0 fully saturated rings. The molecule has 0 amide bonds. The van der Waals surface area contributed by atoms with Gasteiger partial charge in [0.15, 0.2) is 0 Å². The molecule has 0 aliphatic carbocycles. The Labute approximate surface area is 102 Å². The van der Waals surface area contributed by atoms with Crippen LogP contribution in [0.2, 0.25) is 0 Å².